The average molecular weight is 340 g/mol. The monoisotopic (exact) mass is 339 g/mol. The lowest BCUT2D eigenvalue weighted by Crippen LogP contribution is -2.09. The van der Waals surface area contributed by atoms with Crippen molar-refractivity contribution < 1.29 is 13.9 Å². The van der Waals surface area contributed by atoms with Crippen molar-refractivity contribution in [1.29, 1.82) is 0 Å². The van der Waals surface area contributed by atoms with Crippen molar-refractivity contribution in [2.24, 2.45) is 0 Å². The molecular formula is C13H11BrFN3O2. The van der Waals surface area contributed by atoms with E-state index in [-0.39, 0.29) is 11.5 Å². The Morgan fingerprint density at radius 2 is 2.25 bits per heavy atom. The van der Waals surface area contributed by atoms with Gasteiger partial charge in [0.15, 0.2) is 5.69 Å². The van der Waals surface area contributed by atoms with Crippen molar-refractivity contribution in [3.63, 3.8) is 0 Å². The number of carbonyl (C=O) groups is 1. The minimum absolute atomic E-state index is 0.107. The Balaban J connectivity index is 2.11. The second kappa shape index (κ2) is 6.42. The molecule has 0 fully saturated rings. The second-order valence-corrected chi connectivity index (χ2v) is 4.72. The fourth-order valence-corrected chi connectivity index (χ4v) is 1.91. The van der Waals surface area contributed by atoms with Gasteiger partial charge in [0.25, 0.3) is 0 Å². The van der Waals surface area contributed by atoms with Gasteiger partial charge in [0.1, 0.15) is 11.6 Å². The highest BCUT2D eigenvalue weighted by molar-refractivity contribution is 9.10. The third-order valence-corrected chi connectivity index (χ3v) is 3.27. The van der Waals surface area contributed by atoms with E-state index in [2.05, 4.69) is 36.0 Å². The molecule has 0 aliphatic carbocycles. The van der Waals surface area contributed by atoms with Gasteiger partial charge in [-0.15, -0.1) is 0 Å². The number of anilines is 1. The first-order chi connectivity index (χ1) is 9.60. The molecule has 1 aromatic carbocycles. The van der Waals surface area contributed by atoms with Gasteiger partial charge < -0.3 is 10.1 Å². The maximum Gasteiger partial charge on any atom is 0.358 e. The van der Waals surface area contributed by atoms with Gasteiger partial charge >= 0.3 is 5.97 Å². The van der Waals surface area contributed by atoms with Crippen LogP contribution < -0.4 is 5.32 Å². The van der Waals surface area contributed by atoms with Gasteiger partial charge in [0.2, 0.25) is 0 Å². The number of hydrogen-bond acceptors (Lipinski definition) is 5. The molecule has 0 unspecified atom stereocenters. The third kappa shape index (κ3) is 3.51. The first-order valence-corrected chi connectivity index (χ1v) is 6.47. The van der Waals surface area contributed by atoms with Crippen LogP contribution in [0.25, 0.3) is 0 Å². The fraction of sp³-hybridized carbons (Fsp3) is 0.154. The summed E-state index contributed by atoms with van der Waals surface area (Å²) < 4.78 is 18.5. The molecule has 0 aliphatic heterocycles. The largest absolute Gasteiger partial charge is 0.464 e. The van der Waals surface area contributed by atoms with E-state index in [0.29, 0.717) is 12.4 Å². The van der Waals surface area contributed by atoms with Crippen molar-refractivity contribution in [3.8, 4) is 0 Å². The molecule has 1 aromatic heterocycles. The molecule has 0 bridgehead atoms. The number of benzene rings is 1. The van der Waals surface area contributed by atoms with Crippen molar-refractivity contribution in [1.82, 2.24) is 9.97 Å². The van der Waals surface area contributed by atoms with Crippen molar-refractivity contribution in [2.45, 2.75) is 6.54 Å². The van der Waals surface area contributed by atoms with Gasteiger partial charge in [-0.2, -0.15) is 0 Å². The highest BCUT2D eigenvalue weighted by Gasteiger charge is 2.09. The van der Waals surface area contributed by atoms with Crippen molar-refractivity contribution in [3.05, 3.63) is 52.1 Å². The Hall–Kier alpha value is -2.02. The van der Waals surface area contributed by atoms with Gasteiger partial charge in [0, 0.05) is 11.0 Å². The molecule has 0 saturated heterocycles. The molecule has 0 amide bonds. The number of nitrogens with zero attached hydrogens (tertiary/aromatic N) is 2. The molecule has 1 N–H and O–H groups in total. The predicted octanol–water partition coefficient (Wildman–Crippen LogP) is 2.78. The zero-order chi connectivity index (χ0) is 14.5. The normalized spacial score (nSPS) is 10.2. The quantitative estimate of drug-likeness (QED) is 0.867. The standard InChI is InChI=1S/C13H11BrFN3O2/c1-20-13(19)11-6-16-7-12(18-11)17-5-8-4-9(15)2-3-10(8)14/h2-4,6-7H,5H2,1H3,(H,17,18). The van der Waals surface area contributed by atoms with Crippen molar-refractivity contribution >= 4 is 27.7 Å². The average Bonchev–Trinajstić information content (AvgIpc) is 2.47. The number of halogens is 2. The van der Waals surface area contributed by atoms with E-state index >= 15 is 0 Å². The topological polar surface area (TPSA) is 64.1 Å². The molecule has 104 valence electrons. The molecule has 5 nitrogen and oxygen atoms in total. The Bertz CT molecular complexity index is 637. The zero-order valence-electron chi connectivity index (χ0n) is 10.6. The first kappa shape index (κ1) is 14.4. The SMILES string of the molecule is COC(=O)c1cncc(NCc2cc(F)ccc2Br)n1. The highest BCUT2D eigenvalue weighted by Crippen LogP contribution is 2.18. The summed E-state index contributed by atoms with van der Waals surface area (Å²) >= 11 is 3.34. The molecule has 2 rings (SSSR count). The van der Waals surface area contributed by atoms with Crippen LogP contribution in [-0.4, -0.2) is 23.0 Å². The molecule has 7 heteroatoms. The molecular weight excluding hydrogens is 329 g/mol. The summed E-state index contributed by atoms with van der Waals surface area (Å²) in [6.07, 6.45) is 2.79. The van der Waals surface area contributed by atoms with Crippen LogP contribution in [0.2, 0.25) is 0 Å². The van der Waals surface area contributed by atoms with E-state index in [4.69, 9.17) is 0 Å². The lowest BCUT2D eigenvalue weighted by atomic mass is 10.2. The number of aromatic nitrogens is 2. The molecule has 0 radical (unpaired) electrons. The Labute approximate surface area is 123 Å². The van der Waals surface area contributed by atoms with E-state index in [0.717, 1.165) is 10.0 Å². The number of hydrogen-bond donors (Lipinski definition) is 1. The number of nitrogens with one attached hydrogen (secondary N) is 1. The maximum atomic E-state index is 13.2. The maximum absolute atomic E-state index is 13.2. The van der Waals surface area contributed by atoms with Gasteiger partial charge in [-0.1, -0.05) is 15.9 Å². The zero-order valence-corrected chi connectivity index (χ0v) is 12.1. The summed E-state index contributed by atoms with van der Waals surface area (Å²) in [6, 6.07) is 4.41. The van der Waals surface area contributed by atoms with Crippen LogP contribution >= 0.6 is 15.9 Å². The molecule has 0 spiro atoms. The van der Waals surface area contributed by atoms with Crippen LogP contribution in [0.4, 0.5) is 10.2 Å². The second-order valence-electron chi connectivity index (χ2n) is 3.87. The molecule has 0 aliphatic rings. The van der Waals surface area contributed by atoms with Gasteiger partial charge in [-0.25, -0.2) is 14.2 Å². The van der Waals surface area contributed by atoms with E-state index < -0.39 is 5.97 Å². The van der Waals surface area contributed by atoms with E-state index in [9.17, 15) is 9.18 Å². The fourth-order valence-electron chi connectivity index (χ4n) is 1.52. The summed E-state index contributed by atoms with van der Waals surface area (Å²) in [4.78, 5) is 19.3. The van der Waals surface area contributed by atoms with Crippen LogP contribution in [0.5, 0.6) is 0 Å². The van der Waals surface area contributed by atoms with Gasteiger partial charge in [-0.3, -0.25) is 4.98 Å². The number of esters is 1. The Morgan fingerprint density at radius 1 is 1.45 bits per heavy atom. The van der Waals surface area contributed by atoms with Crippen LogP contribution in [0.3, 0.4) is 0 Å². The minimum atomic E-state index is -0.562. The first-order valence-electron chi connectivity index (χ1n) is 5.68. The lowest BCUT2D eigenvalue weighted by Gasteiger charge is -2.08. The molecule has 20 heavy (non-hydrogen) atoms. The van der Waals surface area contributed by atoms with Gasteiger partial charge in [0.05, 0.1) is 19.5 Å². The van der Waals surface area contributed by atoms with Crippen molar-refractivity contribution in [2.75, 3.05) is 12.4 Å². The molecule has 1 heterocycles. The number of rotatable bonds is 4. The number of methoxy groups -OCH3 is 1. The third-order valence-electron chi connectivity index (χ3n) is 2.50. The van der Waals surface area contributed by atoms with E-state index in [1.54, 1.807) is 6.07 Å². The molecule has 2 aromatic rings. The predicted molar refractivity (Wildman–Crippen MR) is 74.8 cm³/mol. The van der Waals surface area contributed by atoms with Crippen LogP contribution in [0.1, 0.15) is 16.1 Å². The van der Waals surface area contributed by atoms with Crippen LogP contribution in [0, 0.1) is 5.82 Å². The molecule has 0 atom stereocenters. The summed E-state index contributed by atoms with van der Waals surface area (Å²) in [7, 11) is 1.27. The lowest BCUT2D eigenvalue weighted by molar-refractivity contribution is 0.0593. The highest BCUT2D eigenvalue weighted by atomic mass is 79.9. The minimum Gasteiger partial charge on any atom is -0.464 e. The van der Waals surface area contributed by atoms with Gasteiger partial charge in [-0.05, 0) is 23.8 Å². The number of ether oxygens (including phenoxy) is 1. The Morgan fingerprint density at radius 3 is 3.00 bits per heavy atom. The van der Waals surface area contributed by atoms with E-state index in [1.807, 2.05) is 0 Å². The van der Waals surface area contributed by atoms with Crippen LogP contribution in [0.15, 0.2) is 35.1 Å². The smallest absolute Gasteiger partial charge is 0.358 e. The summed E-state index contributed by atoms with van der Waals surface area (Å²) in [5, 5.41) is 2.97. The molecule has 0 saturated carbocycles. The summed E-state index contributed by atoms with van der Waals surface area (Å²) in [5.41, 5.74) is 0.839. The van der Waals surface area contributed by atoms with E-state index in [1.165, 1.54) is 31.6 Å². The summed E-state index contributed by atoms with van der Waals surface area (Å²) in [5.74, 6) is -0.475. The summed E-state index contributed by atoms with van der Waals surface area (Å²) in [6.45, 7) is 0.345. The van der Waals surface area contributed by atoms with Crippen LogP contribution in [-0.2, 0) is 11.3 Å². The number of carbonyl (C=O) groups excluding carboxylic acids is 1. The Kier molecular flexibility index (Phi) is 4.62.